The standard InChI is InChI=1S/C18H29N3/c1-2-12-19-18-11-5-9-16(20-18)14-21-13-6-8-15-7-3-4-10-17(15)21/h5,9,11,15,17H,2-4,6-8,10,12-14H2,1H3,(H,19,20)/t15-,17-/m1/s1. The van der Waals surface area contributed by atoms with Gasteiger partial charge in [-0.25, -0.2) is 4.98 Å². The summed E-state index contributed by atoms with van der Waals surface area (Å²) < 4.78 is 0. The topological polar surface area (TPSA) is 28.2 Å². The third kappa shape index (κ3) is 3.76. The van der Waals surface area contributed by atoms with E-state index in [1.807, 2.05) is 0 Å². The summed E-state index contributed by atoms with van der Waals surface area (Å²) in [7, 11) is 0. The first-order valence-electron chi connectivity index (χ1n) is 8.80. The second-order valence-corrected chi connectivity index (χ2v) is 6.67. The minimum Gasteiger partial charge on any atom is -0.370 e. The van der Waals surface area contributed by atoms with E-state index in [1.54, 1.807) is 0 Å². The Kier molecular flexibility index (Phi) is 5.13. The third-order valence-electron chi connectivity index (χ3n) is 5.09. The van der Waals surface area contributed by atoms with Gasteiger partial charge in [-0.15, -0.1) is 0 Å². The van der Waals surface area contributed by atoms with Crippen LogP contribution in [0.15, 0.2) is 18.2 Å². The SMILES string of the molecule is CCCNc1cccc(CN2CCC[C@H]3CCCC[C@H]32)n1. The van der Waals surface area contributed by atoms with Gasteiger partial charge in [-0.3, -0.25) is 4.90 Å². The summed E-state index contributed by atoms with van der Waals surface area (Å²) in [6.07, 6.45) is 9.68. The second kappa shape index (κ2) is 7.26. The van der Waals surface area contributed by atoms with Crippen LogP contribution in [0.5, 0.6) is 0 Å². The van der Waals surface area contributed by atoms with Crippen LogP contribution >= 0.6 is 0 Å². The van der Waals surface area contributed by atoms with Crippen molar-refractivity contribution in [2.45, 2.75) is 64.5 Å². The summed E-state index contributed by atoms with van der Waals surface area (Å²) in [4.78, 5) is 7.50. The number of nitrogens with zero attached hydrogens (tertiary/aromatic N) is 2. The highest BCUT2D eigenvalue weighted by atomic mass is 15.2. The van der Waals surface area contributed by atoms with Crippen LogP contribution < -0.4 is 5.32 Å². The number of nitrogens with one attached hydrogen (secondary N) is 1. The van der Waals surface area contributed by atoms with Gasteiger partial charge in [0.1, 0.15) is 5.82 Å². The normalized spacial score (nSPS) is 26.3. The van der Waals surface area contributed by atoms with E-state index in [9.17, 15) is 0 Å². The zero-order valence-electron chi connectivity index (χ0n) is 13.4. The third-order valence-corrected chi connectivity index (χ3v) is 5.09. The molecule has 3 nitrogen and oxygen atoms in total. The molecule has 116 valence electrons. The molecule has 3 rings (SSSR count). The van der Waals surface area contributed by atoms with Crippen molar-refractivity contribution in [1.29, 1.82) is 0 Å². The molecule has 1 aliphatic heterocycles. The summed E-state index contributed by atoms with van der Waals surface area (Å²) in [5.74, 6) is 1.99. The van der Waals surface area contributed by atoms with Crippen LogP contribution in [0, 0.1) is 5.92 Å². The number of likely N-dealkylation sites (tertiary alicyclic amines) is 1. The zero-order chi connectivity index (χ0) is 14.5. The summed E-state index contributed by atoms with van der Waals surface area (Å²) in [6, 6.07) is 7.23. The Morgan fingerprint density at radius 1 is 1.19 bits per heavy atom. The summed E-state index contributed by atoms with van der Waals surface area (Å²) >= 11 is 0. The second-order valence-electron chi connectivity index (χ2n) is 6.67. The Morgan fingerprint density at radius 3 is 2.95 bits per heavy atom. The molecule has 0 aromatic carbocycles. The van der Waals surface area contributed by atoms with Gasteiger partial charge in [-0.1, -0.05) is 25.8 Å². The Balaban J connectivity index is 1.64. The summed E-state index contributed by atoms with van der Waals surface area (Å²) in [5.41, 5.74) is 1.22. The fraction of sp³-hybridized carbons (Fsp3) is 0.722. The van der Waals surface area contributed by atoms with Gasteiger partial charge in [-0.05, 0) is 56.7 Å². The van der Waals surface area contributed by atoms with Gasteiger partial charge >= 0.3 is 0 Å². The molecule has 1 saturated heterocycles. The number of hydrogen-bond acceptors (Lipinski definition) is 3. The molecular formula is C18H29N3. The maximum Gasteiger partial charge on any atom is 0.126 e. The van der Waals surface area contributed by atoms with Crippen molar-refractivity contribution in [3.05, 3.63) is 23.9 Å². The monoisotopic (exact) mass is 287 g/mol. The van der Waals surface area contributed by atoms with Gasteiger partial charge in [0.05, 0.1) is 5.69 Å². The van der Waals surface area contributed by atoms with Gasteiger partial charge < -0.3 is 5.32 Å². The van der Waals surface area contributed by atoms with Crippen LogP contribution in [-0.2, 0) is 6.54 Å². The lowest BCUT2D eigenvalue weighted by Gasteiger charge is -2.44. The van der Waals surface area contributed by atoms with Crippen LogP contribution in [0.1, 0.15) is 57.6 Å². The fourth-order valence-electron chi connectivity index (χ4n) is 4.05. The molecule has 21 heavy (non-hydrogen) atoms. The van der Waals surface area contributed by atoms with Crippen molar-refractivity contribution in [2.24, 2.45) is 5.92 Å². The van der Waals surface area contributed by atoms with E-state index in [0.29, 0.717) is 0 Å². The van der Waals surface area contributed by atoms with E-state index in [-0.39, 0.29) is 0 Å². The molecule has 1 aromatic rings. The first-order chi connectivity index (χ1) is 10.4. The molecule has 0 unspecified atom stereocenters. The van der Waals surface area contributed by atoms with E-state index in [2.05, 4.69) is 35.3 Å². The lowest BCUT2D eigenvalue weighted by atomic mass is 9.78. The Bertz CT molecular complexity index is 444. The first-order valence-corrected chi connectivity index (χ1v) is 8.80. The number of piperidine rings is 1. The van der Waals surface area contributed by atoms with Crippen LogP contribution in [0.4, 0.5) is 5.82 Å². The summed E-state index contributed by atoms with van der Waals surface area (Å²) in [6.45, 7) is 5.48. The Labute approximate surface area is 129 Å². The number of rotatable bonds is 5. The number of hydrogen-bond donors (Lipinski definition) is 1. The van der Waals surface area contributed by atoms with Crippen molar-refractivity contribution >= 4 is 5.82 Å². The predicted molar refractivity (Wildman–Crippen MR) is 88.4 cm³/mol. The molecule has 1 N–H and O–H groups in total. The lowest BCUT2D eigenvalue weighted by Crippen LogP contribution is -2.46. The minimum atomic E-state index is 0.821. The first kappa shape index (κ1) is 14.8. The minimum absolute atomic E-state index is 0.821. The molecule has 2 atom stereocenters. The average Bonchev–Trinajstić information content (AvgIpc) is 2.54. The van der Waals surface area contributed by atoms with Crippen LogP contribution in [0.3, 0.4) is 0 Å². The highest BCUT2D eigenvalue weighted by Gasteiger charge is 2.33. The largest absolute Gasteiger partial charge is 0.370 e. The van der Waals surface area contributed by atoms with E-state index in [1.165, 1.54) is 50.8 Å². The molecule has 1 aromatic heterocycles. The highest BCUT2D eigenvalue weighted by Crippen LogP contribution is 2.35. The van der Waals surface area contributed by atoms with Crippen molar-refractivity contribution in [2.75, 3.05) is 18.4 Å². The van der Waals surface area contributed by atoms with Crippen LogP contribution in [-0.4, -0.2) is 29.0 Å². The molecule has 2 fully saturated rings. The van der Waals surface area contributed by atoms with Gasteiger partial charge in [0.15, 0.2) is 0 Å². The number of fused-ring (bicyclic) bond motifs is 1. The molecule has 0 bridgehead atoms. The van der Waals surface area contributed by atoms with Crippen LogP contribution in [0.2, 0.25) is 0 Å². The fourth-order valence-corrected chi connectivity index (χ4v) is 4.05. The maximum atomic E-state index is 4.79. The molecule has 0 spiro atoms. The van der Waals surface area contributed by atoms with Gasteiger partial charge in [0.25, 0.3) is 0 Å². The van der Waals surface area contributed by atoms with E-state index < -0.39 is 0 Å². The zero-order valence-corrected chi connectivity index (χ0v) is 13.4. The Morgan fingerprint density at radius 2 is 2.05 bits per heavy atom. The molecular weight excluding hydrogens is 258 g/mol. The quantitative estimate of drug-likeness (QED) is 0.885. The molecule has 0 radical (unpaired) electrons. The van der Waals surface area contributed by atoms with Crippen molar-refractivity contribution < 1.29 is 0 Å². The van der Waals surface area contributed by atoms with E-state index in [0.717, 1.165) is 37.3 Å². The number of aromatic nitrogens is 1. The van der Waals surface area contributed by atoms with Gasteiger partial charge in [0.2, 0.25) is 0 Å². The molecule has 2 aliphatic rings. The van der Waals surface area contributed by atoms with Crippen molar-refractivity contribution in [3.8, 4) is 0 Å². The summed E-state index contributed by atoms with van der Waals surface area (Å²) in [5, 5.41) is 3.40. The van der Waals surface area contributed by atoms with Crippen LogP contribution in [0.25, 0.3) is 0 Å². The van der Waals surface area contributed by atoms with E-state index >= 15 is 0 Å². The van der Waals surface area contributed by atoms with Gasteiger partial charge in [0, 0.05) is 19.1 Å². The van der Waals surface area contributed by atoms with Gasteiger partial charge in [-0.2, -0.15) is 0 Å². The molecule has 3 heteroatoms. The average molecular weight is 287 g/mol. The maximum absolute atomic E-state index is 4.79. The van der Waals surface area contributed by atoms with Crippen molar-refractivity contribution in [1.82, 2.24) is 9.88 Å². The highest BCUT2D eigenvalue weighted by molar-refractivity contribution is 5.35. The molecule has 1 aliphatic carbocycles. The lowest BCUT2D eigenvalue weighted by molar-refractivity contribution is 0.0538. The van der Waals surface area contributed by atoms with Crippen molar-refractivity contribution in [3.63, 3.8) is 0 Å². The Hall–Kier alpha value is -1.09. The number of pyridine rings is 1. The van der Waals surface area contributed by atoms with E-state index in [4.69, 9.17) is 4.98 Å². The smallest absolute Gasteiger partial charge is 0.126 e. The molecule has 1 saturated carbocycles. The molecule has 2 heterocycles. The predicted octanol–water partition coefficient (Wildman–Crippen LogP) is 4.06. The number of anilines is 1. The molecule has 0 amide bonds.